The molecule has 2 atom stereocenters. The van der Waals surface area contributed by atoms with E-state index in [-0.39, 0.29) is 12.1 Å². The lowest BCUT2D eigenvalue weighted by Crippen LogP contribution is -2.30. The van der Waals surface area contributed by atoms with E-state index >= 15 is 0 Å². The van der Waals surface area contributed by atoms with Gasteiger partial charge < -0.3 is 10.5 Å². The molecule has 2 N–H and O–H groups in total. The number of pyridine rings is 1. The van der Waals surface area contributed by atoms with E-state index in [2.05, 4.69) is 23.2 Å². The first-order valence-corrected chi connectivity index (χ1v) is 7.01. The van der Waals surface area contributed by atoms with Gasteiger partial charge in [0.2, 0.25) is 0 Å². The summed E-state index contributed by atoms with van der Waals surface area (Å²) in [5.41, 5.74) is 8.57. The average molecular weight is 256 g/mol. The predicted molar refractivity (Wildman–Crippen MR) is 76.8 cm³/mol. The normalized spacial score (nSPS) is 18.4. The predicted octanol–water partition coefficient (Wildman–Crippen LogP) is 3.05. The Kier molecular flexibility index (Phi) is 3.49. The van der Waals surface area contributed by atoms with Gasteiger partial charge in [-0.15, -0.1) is 0 Å². The number of fused-ring (bicyclic) bond motifs is 1. The molecule has 1 saturated carbocycles. The van der Waals surface area contributed by atoms with Gasteiger partial charge in [-0.3, -0.25) is 4.98 Å². The molecule has 0 radical (unpaired) electrons. The van der Waals surface area contributed by atoms with Gasteiger partial charge in [-0.1, -0.05) is 12.1 Å². The molecule has 0 bridgehead atoms. The highest BCUT2D eigenvalue weighted by molar-refractivity contribution is 5.79. The second kappa shape index (κ2) is 5.27. The molecule has 3 nitrogen and oxygen atoms in total. The molecule has 0 amide bonds. The first-order chi connectivity index (χ1) is 9.29. The molecule has 3 heteroatoms. The largest absolute Gasteiger partial charge is 0.376 e. The Morgan fingerprint density at radius 3 is 2.95 bits per heavy atom. The Balaban J connectivity index is 1.89. The second-order valence-corrected chi connectivity index (χ2v) is 5.24. The van der Waals surface area contributed by atoms with Crippen molar-refractivity contribution in [3.8, 4) is 0 Å². The van der Waals surface area contributed by atoms with E-state index in [1.54, 1.807) is 0 Å². The Bertz CT molecular complexity index is 565. The van der Waals surface area contributed by atoms with E-state index in [1.807, 2.05) is 25.3 Å². The Labute approximate surface area is 113 Å². The smallest absolute Gasteiger partial charge is 0.0795 e. The monoisotopic (exact) mass is 256 g/mol. The highest BCUT2D eigenvalue weighted by atomic mass is 16.5. The van der Waals surface area contributed by atoms with Crippen molar-refractivity contribution in [1.82, 2.24) is 4.98 Å². The lowest BCUT2D eigenvalue weighted by atomic mass is 9.97. The zero-order valence-electron chi connectivity index (χ0n) is 11.3. The van der Waals surface area contributed by atoms with Gasteiger partial charge in [-0.25, -0.2) is 0 Å². The van der Waals surface area contributed by atoms with Crippen molar-refractivity contribution in [3.63, 3.8) is 0 Å². The van der Waals surface area contributed by atoms with E-state index in [1.165, 1.54) is 12.8 Å². The van der Waals surface area contributed by atoms with Gasteiger partial charge in [-0.05, 0) is 49.4 Å². The third kappa shape index (κ3) is 2.62. The molecular formula is C16H20N2O. The fraction of sp³-hybridized carbons (Fsp3) is 0.438. The van der Waals surface area contributed by atoms with Crippen LogP contribution in [0.4, 0.5) is 0 Å². The number of benzene rings is 1. The van der Waals surface area contributed by atoms with Crippen LogP contribution in [0.2, 0.25) is 0 Å². The molecule has 2 unspecified atom stereocenters. The van der Waals surface area contributed by atoms with Crippen molar-refractivity contribution in [3.05, 3.63) is 42.1 Å². The molecule has 19 heavy (non-hydrogen) atoms. The third-order valence-electron chi connectivity index (χ3n) is 3.81. The SMILES string of the molecule is CCOC(C1CC1)C(N)c1ccc2ncccc2c1. The third-order valence-corrected chi connectivity index (χ3v) is 3.81. The molecule has 1 aromatic heterocycles. The molecule has 1 fully saturated rings. The summed E-state index contributed by atoms with van der Waals surface area (Å²) in [5.74, 6) is 0.638. The van der Waals surface area contributed by atoms with Crippen LogP contribution in [0.15, 0.2) is 36.5 Å². The Morgan fingerprint density at radius 1 is 1.37 bits per heavy atom. The molecule has 2 aromatic rings. The summed E-state index contributed by atoms with van der Waals surface area (Å²) in [5, 5.41) is 1.14. The van der Waals surface area contributed by atoms with E-state index in [0.717, 1.165) is 23.1 Å². The van der Waals surface area contributed by atoms with Crippen molar-refractivity contribution in [2.75, 3.05) is 6.61 Å². The number of aromatic nitrogens is 1. The molecule has 1 aromatic carbocycles. The van der Waals surface area contributed by atoms with Crippen molar-refractivity contribution in [1.29, 1.82) is 0 Å². The molecule has 1 aliphatic carbocycles. The van der Waals surface area contributed by atoms with Crippen molar-refractivity contribution >= 4 is 10.9 Å². The maximum absolute atomic E-state index is 6.41. The van der Waals surface area contributed by atoms with Gasteiger partial charge in [-0.2, -0.15) is 0 Å². The van der Waals surface area contributed by atoms with Gasteiger partial charge in [0.15, 0.2) is 0 Å². The second-order valence-electron chi connectivity index (χ2n) is 5.24. The number of hydrogen-bond donors (Lipinski definition) is 1. The fourth-order valence-electron chi connectivity index (χ4n) is 2.64. The number of ether oxygens (including phenoxy) is 1. The highest BCUT2D eigenvalue weighted by Gasteiger charge is 2.36. The van der Waals surface area contributed by atoms with Crippen molar-refractivity contribution in [2.24, 2.45) is 11.7 Å². The lowest BCUT2D eigenvalue weighted by Gasteiger charge is -2.24. The molecule has 0 aliphatic heterocycles. The summed E-state index contributed by atoms with van der Waals surface area (Å²) in [7, 11) is 0. The summed E-state index contributed by atoms with van der Waals surface area (Å²) >= 11 is 0. The minimum atomic E-state index is -0.0444. The fourth-order valence-corrected chi connectivity index (χ4v) is 2.64. The summed E-state index contributed by atoms with van der Waals surface area (Å²) in [4.78, 5) is 4.34. The minimum Gasteiger partial charge on any atom is -0.376 e. The minimum absolute atomic E-state index is 0.0444. The summed E-state index contributed by atoms with van der Waals surface area (Å²) in [6, 6.07) is 10.2. The standard InChI is InChI=1S/C16H20N2O/c1-2-19-16(11-5-6-11)15(17)13-7-8-14-12(10-13)4-3-9-18-14/h3-4,7-11,15-16H,2,5-6,17H2,1H3. The van der Waals surface area contributed by atoms with E-state index in [4.69, 9.17) is 10.5 Å². The van der Waals surface area contributed by atoms with E-state index in [9.17, 15) is 0 Å². The van der Waals surface area contributed by atoms with Gasteiger partial charge >= 0.3 is 0 Å². The van der Waals surface area contributed by atoms with Crippen LogP contribution in [0.3, 0.4) is 0 Å². The van der Waals surface area contributed by atoms with Crippen LogP contribution >= 0.6 is 0 Å². The quantitative estimate of drug-likeness (QED) is 0.894. The van der Waals surface area contributed by atoms with Crippen LogP contribution < -0.4 is 5.73 Å². The lowest BCUT2D eigenvalue weighted by molar-refractivity contribution is 0.0283. The zero-order chi connectivity index (χ0) is 13.2. The number of nitrogens with two attached hydrogens (primary N) is 1. The van der Waals surface area contributed by atoms with Gasteiger partial charge in [0.1, 0.15) is 0 Å². The number of nitrogens with zero attached hydrogens (tertiary/aromatic N) is 1. The summed E-state index contributed by atoms with van der Waals surface area (Å²) < 4.78 is 5.85. The molecule has 1 heterocycles. The summed E-state index contributed by atoms with van der Waals surface area (Å²) in [6.07, 6.45) is 4.45. The number of rotatable bonds is 5. The van der Waals surface area contributed by atoms with Crippen molar-refractivity contribution < 1.29 is 4.74 Å². The van der Waals surface area contributed by atoms with Crippen LogP contribution in [-0.2, 0) is 4.74 Å². The first kappa shape index (κ1) is 12.6. The van der Waals surface area contributed by atoms with Gasteiger partial charge in [0.05, 0.1) is 17.7 Å². The maximum Gasteiger partial charge on any atom is 0.0795 e. The van der Waals surface area contributed by atoms with E-state index < -0.39 is 0 Å². The van der Waals surface area contributed by atoms with Gasteiger partial charge in [0.25, 0.3) is 0 Å². The number of hydrogen-bond acceptors (Lipinski definition) is 3. The Hall–Kier alpha value is -1.45. The Morgan fingerprint density at radius 2 is 2.21 bits per heavy atom. The first-order valence-electron chi connectivity index (χ1n) is 7.01. The molecular weight excluding hydrogens is 236 g/mol. The van der Waals surface area contributed by atoms with E-state index in [0.29, 0.717) is 5.92 Å². The average Bonchev–Trinajstić information content (AvgIpc) is 3.28. The van der Waals surface area contributed by atoms with Gasteiger partial charge in [0, 0.05) is 18.2 Å². The molecule has 1 aliphatic rings. The summed E-state index contributed by atoms with van der Waals surface area (Å²) in [6.45, 7) is 2.76. The topological polar surface area (TPSA) is 48.1 Å². The van der Waals surface area contributed by atoms with Crippen LogP contribution in [0, 0.1) is 5.92 Å². The van der Waals surface area contributed by atoms with Crippen LogP contribution in [-0.4, -0.2) is 17.7 Å². The molecule has 3 rings (SSSR count). The highest BCUT2D eigenvalue weighted by Crippen LogP contribution is 2.39. The molecule has 100 valence electrons. The molecule has 0 saturated heterocycles. The van der Waals surface area contributed by atoms with Crippen LogP contribution in [0.25, 0.3) is 10.9 Å². The van der Waals surface area contributed by atoms with Crippen LogP contribution in [0.5, 0.6) is 0 Å². The van der Waals surface area contributed by atoms with Crippen LogP contribution in [0.1, 0.15) is 31.4 Å². The zero-order valence-corrected chi connectivity index (χ0v) is 11.3. The maximum atomic E-state index is 6.41. The van der Waals surface area contributed by atoms with Crippen molar-refractivity contribution in [2.45, 2.75) is 31.9 Å². The molecule has 0 spiro atoms.